The monoisotopic (exact) mass is 225 g/mol. The van der Waals surface area contributed by atoms with Gasteiger partial charge in [0, 0.05) is 36.9 Å². The Bertz CT molecular complexity index is 325. The Labute approximate surface area is 95.4 Å². The van der Waals surface area contributed by atoms with Crippen molar-refractivity contribution < 1.29 is 0 Å². The average molecular weight is 226 g/mol. The van der Waals surface area contributed by atoms with E-state index in [0.717, 1.165) is 36.9 Å². The summed E-state index contributed by atoms with van der Waals surface area (Å²) in [5, 5.41) is 4.05. The minimum atomic E-state index is 0.663. The molecular formula is C11H16ClN3. The van der Waals surface area contributed by atoms with Crippen molar-refractivity contribution >= 4 is 11.6 Å². The van der Waals surface area contributed by atoms with E-state index in [-0.39, 0.29) is 0 Å². The van der Waals surface area contributed by atoms with Crippen molar-refractivity contribution in [3.05, 3.63) is 29.0 Å². The molecule has 0 aliphatic carbocycles. The van der Waals surface area contributed by atoms with E-state index in [2.05, 4.69) is 22.1 Å². The number of aromatic nitrogens is 1. The van der Waals surface area contributed by atoms with Crippen LogP contribution in [0.3, 0.4) is 0 Å². The van der Waals surface area contributed by atoms with E-state index in [1.165, 1.54) is 0 Å². The van der Waals surface area contributed by atoms with Crippen LogP contribution in [-0.4, -0.2) is 35.6 Å². The van der Waals surface area contributed by atoms with Gasteiger partial charge in [-0.05, 0) is 18.7 Å². The topological polar surface area (TPSA) is 28.2 Å². The number of hydrogen-bond donors (Lipinski definition) is 1. The maximum Gasteiger partial charge on any atom is 0.0558 e. The van der Waals surface area contributed by atoms with Gasteiger partial charge < -0.3 is 5.32 Å². The summed E-state index contributed by atoms with van der Waals surface area (Å²) in [6, 6.07) is 4.42. The molecule has 0 saturated carbocycles. The van der Waals surface area contributed by atoms with Gasteiger partial charge in [-0.3, -0.25) is 9.88 Å². The molecule has 3 nitrogen and oxygen atoms in total. The fraction of sp³-hybridized carbons (Fsp3) is 0.545. The van der Waals surface area contributed by atoms with Gasteiger partial charge in [-0.1, -0.05) is 18.5 Å². The van der Waals surface area contributed by atoms with Gasteiger partial charge in [0.2, 0.25) is 0 Å². The predicted molar refractivity (Wildman–Crippen MR) is 62.0 cm³/mol. The van der Waals surface area contributed by atoms with Crippen LogP contribution in [0.2, 0.25) is 5.02 Å². The van der Waals surface area contributed by atoms with Gasteiger partial charge in [0.15, 0.2) is 0 Å². The van der Waals surface area contributed by atoms with Gasteiger partial charge in [0.1, 0.15) is 0 Å². The van der Waals surface area contributed by atoms with Crippen LogP contribution in [0.15, 0.2) is 18.3 Å². The molecule has 1 aromatic rings. The summed E-state index contributed by atoms with van der Waals surface area (Å²) in [5.41, 5.74) is 1.05. The molecule has 82 valence electrons. The summed E-state index contributed by atoms with van der Waals surface area (Å²) >= 11 is 5.93. The molecule has 15 heavy (non-hydrogen) atoms. The number of nitrogens with one attached hydrogen (secondary N) is 1. The van der Waals surface area contributed by atoms with E-state index in [9.17, 15) is 0 Å². The first-order chi connectivity index (χ1) is 7.29. The highest BCUT2D eigenvalue weighted by molar-refractivity contribution is 6.30. The first-order valence-electron chi connectivity index (χ1n) is 5.35. The SMILES string of the molecule is CCN(Cc1cc(Cl)ccn1)C1CNC1. The quantitative estimate of drug-likeness (QED) is 0.843. The first kappa shape index (κ1) is 10.9. The molecular weight excluding hydrogens is 210 g/mol. The number of nitrogens with zero attached hydrogens (tertiary/aromatic N) is 2. The first-order valence-corrected chi connectivity index (χ1v) is 5.72. The number of pyridine rings is 1. The van der Waals surface area contributed by atoms with Gasteiger partial charge in [-0.15, -0.1) is 0 Å². The van der Waals surface area contributed by atoms with E-state index in [0.29, 0.717) is 6.04 Å². The molecule has 0 radical (unpaired) electrons. The van der Waals surface area contributed by atoms with Crippen LogP contribution in [0.5, 0.6) is 0 Å². The molecule has 1 fully saturated rings. The van der Waals surface area contributed by atoms with Crippen molar-refractivity contribution in [3.63, 3.8) is 0 Å². The molecule has 1 N–H and O–H groups in total. The summed E-state index contributed by atoms with van der Waals surface area (Å²) in [5.74, 6) is 0. The summed E-state index contributed by atoms with van der Waals surface area (Å²) < 4.78 is 0. The molecule has 4 heteroatoms. The zero-order chi connectivity index (χ0) is 10.7. The highest BCUT2D eigenvalue weighted by atomic mass is 35.5. The smallest absolute Gasteiger partial charge is 0.0558 e. The highest BCUT2D eigenvalue weighted by Crippen LogP contribution is 2.13. The maximum atomic E-state index is 5.93. The van der Waals surface area contributed by atoms with E-state index in [1.807, 2.05) is 12.1 Å². The highest BCUT2D eigenvalue weighted by Gasteiger charge is 2.23. The Balaban J connectivity index is 1.99. The molecule has 2 rings (SSSR count). The summed E-state index contributed by atoms with van der Waals surface area (Å²) in [4.78, 5) is 6.75. The van der Waals surface area contributed by atoms with Crippen LogP contribution >= 0.6 is 11.6 Å². The van der Waals surface area contributed by atoms with Crippen LogP contribution in [0.25, 0.3) is 0 Å². The van der Waals surface area contributed by atoms with Gasteiger partial charge in [-0.25, -0.2) is 0 Å². The third-order valence-corrected chi connectivity index (χ3v) is 3.06. The van der Waals surface area contributed by atoms with Gasteiger partial charge in [0.25, 0.3) is 0 Å². The van der Waals surface area contributed by atoms with Crippen LogP contribution < -0.4 is 5.32 Å². The van der Waals surface area contributed by atoms with Crippen LogP contribution in [0.4, 0.5) is 0 Å². The molecule has 0 aromatic carbocycles. The number of rotatable bonds is 4. The van der Waals surface area contributed by atoms with E-state index < -0.39 is 0 Å². The Morgan fingerprint density at radius 1 is 1.60 bits per heavy atom. The van der Waals surface area contributed by atoms with E-state index >= 15 is 0 Å². The summed E-state index contributed by atoms with van der Waals surface area (Å²) in [6.07, 6.45) is 1.77. The maximum absolute atomic E-state index is 5.93. The fourth-order valence-corrected chi connectivity index (χ4v) is 1.96. The number of hydrogen-bond acceptors (Lipinski definition) is 3. The zero-order valence-electron chi connectivity index (χ0n) is 8.91. The fourth-order valence-electron chi connectivity index (χ4n) is 1.77. The molecule has 1 saturated heterocycles. The van der Waals surface area contributed by atoms with Crippen molar-refractivity contribution in [2.75, 3.05) is 19.6 Å². The summed E-state index contributed by atoms with van der Waals surface area (Å²) in [7, 11) is 0. The Morgan fingerprint density at radius 2 is 2.40 bits per heavy atom. The minimum Gasteiger partial charge on any atom is -0.314 e. The third-order valence-electron chi connectivity index (χ3n) is 2.83. The number of likely N-dealkylation sites (N-methyl/N-ethyl adjacent to an activating group) is 1. The lowest BCUT2D eigenvalue weighted by molar-refractivity contribution is 0.143. The Morgan fingerprint density at radius 3 is 2.93 bits per heavy atom. The van der Waals surface area contributed by atoms with Crippen molar-refractivity contribution in [2.45, 2.75) is 19.5 Å². The molecule has 1 aromatic heterocycles. The van der Waals surface area contributed by atoms with E-state index in [4.69, 9.17) is 11.6 Å². The molecule has 1 aliphatic rings. The third kappa shape index (κ3) is 2.68. The standard InChI is InChI=1S/C11H16ClN3/c1-2-15(11-6-13-7-11)8-10-5-9(12)3-4-14-10/h3-5,11,13H,2,6-8H2,1H3. The minimum absolute atomic E-state index is 0.663. The zero-order valence-corrected chi connectivity index (χ0v) is 9.67. The Kier molecular flexibility index (Phi) is 3.57. The largest absolute Gasteiger partial charge is 0.314 e. The normalized spacial score (nSPS) is 16.7. The van der Waals surface area contributed by atoms with Crippen LogP contribution in [-0.2, 0) is 6.54 Å². The number of halogens is 1. The second kappa shape index (κ2) is 4.92. The second-order valence-corrected chi connectivity index (χ2v) is 4.28. The molecule has 2 heterocycles. The van der Waals surface area contributed by atoms with Crippen molar-refractivity contribution in [1.29, 1.82) is 0 Å². The molecule has 0 bridgehead atoms. The lowest BCUT2D eigenvalue weighted by Gasteiger charge is -2.37. The summed E-state index contributed by atoms with van der Waals surface area (Å²) in [6.45, 7) is 6.32. The van der Waals surface area contributed by atoms with Crippen molar-refractivity contribution in [3.8, 4) is 0 Å². The molecule has 1 aliphatic heterocycles. The van der Waals surface area contributed by atoms with E-state index in [1.54, 1.807) is 6.20 Å². The van der Waals surface area contributed by atoms with Gasteiger partial charge >= 0.3 is 0 Å². The van der Waals surface area contributed by atoms with Crippen molar-refractivity contribution in [2.24, 2.45) is 0 Å². The van der Waals surface area contributed by atoms with Gasteiger partial charge in [-0.2, -0.15) is 0 Å². The predicted octanol–water partition coefficient (Wildman–Crippen LogP) is 1.53. The molecule has 0 amide bonds. The molecule has 0 spiro atoms. The molecule has 0 unspecified atom stereocenters. The molecule has 0 atom stereocenters. The lowest BCUT2D eigenvalue weighted by Crippen LogP contribution is -2.56. The second-order valence-electron chi connectivity index (χ2n) is 3.84. The van der Waals surface area contributed by atoms with Gasteiger partial charge in [0.05, 0.1) is 5.69 Å². The van der Waals surface area contributed by atoms with Crippen molar-refractivity contribution in [1.82, 2.24) is 15.2 Å². The Hall–Kier alpha value is -0.640. The lowest BCUT2D eigenvalue weighted by atomic mass is 10.1. The van der Waals surface area contributed by atoms with Crippen LogP contribution in [0, 0.1) is 0 Å². The van der Waals surface area contributed by atoms with Crippen LogP contribution in [0.1, 0.15) is 12.6 Å². The average Bonchev–Trinajstić information content (AvgIpc) is 2.14.